The van der Waals surface area contributed by atoms with Crippen molar-refractivity contribution in [1.29, 1.82) is 0 Å². The Bertz CT molecular complexity index is 2420. The SMILES string of the molecule is c1ccc(-c2ccc3oc4c(ccc5oc6ccc(-c7cc(-c8ccccc8)nc(-c8ccccc8)n7)cc6c54)c3c2)cc1. The lowest BCUT2D eigenvalue weighted by atomic mass is 10.0. The molecular formula is C40H24N2O2. The molecule has 9 aromatic rings. The molecule has 0 spiro atoms. The zero-order valence-corrected chi connectivity index (χ0v) is 23.6. The standard InChI is InChI=1S/C40H24N2O2/c1-4-10-25(11-5-1)28-16-19-35-31(22-28)30-18-21-37-38(39(30)44-35)32-23-29(17-20-36(32)43-37)34-24-33(26-12-6-2-7-13-26)41-40(42-34)27-14-8-3-9-15-27/h1-24H. The maximum absolute atomic E-state index is 6.54. The number of aromatic nitrogens is 2. The molecule has 0 atom stereocenters. The van der Waals surface area contributed by atoms with Crippen LogP contribution in [0, 0.1) is 0 Å². The molecule has 0 unspecified atom stereocenters. The first-order valence-corrected chi connectivity index (χ1v) is 14.7. The van der Waals surface area contributed by atoms with E-state index in [9.17, 15) is 0 Å². The summed E-state index contributed by atoms with van der Waals surface area (Å²) in [6.45, 7) is 0. The molecule has 3 aromatic heterocycles. The molecule has 4 nitrogen and oxygen atoms in total. The number of nitrogens with zero attached hydrogens (tertiary/aromatic N) is 2. The molecule has 0 radical (unpaired) electrons. The van der Waals surface area contributed by atoms with E-state index in [1.54, 1.807) is 0 Å². The fourth-order valence-electron chi connectivity index (χ4n) is 6.13. The van der Waals surface area contributed by atoms with Crippen LogP contribution in [0.15, 0.2) is 154 Å². The highest BCUT2D eigenvalue weighted by atomic mass is 16.3. The summed E-state index contributed by atoms with van der Waals surface area (Å²) in [6.07, 6.45) is 0. The van der Waals surface area contributed by atoms with Gasteiger partial charge < -0.3 is 8.83 Å². The third kappa shape index (κ3) is 4.00. The Morgan fingerprint density at radius 3 is 1.66 bits per heavy atom. The summed E-state index contributed by atoms with van der Waals surface area (Å²) in [5, 5.41) is 4.12. The largest absolute Gasteiger partial charge is 0.456 e. The summed E-state index contributed by atoms with van der Waals surface area (Å²) in [7, 11) is 0. The van der Waals surface area contributed by atoms with Crippen LogP contribution in [0.3, 0.4) is 0 Å². The maximum Gasteiger partial charge on any atom is 0.160 e. The molecule has 6 aromatic carbocycles. The quantitative estimate of drug-likeness (QED) is 0.213. The first kappa shape index (κ1) is 24.6. The van der Waals surface area contributed by atoms with Crippen LogP contribution in [-0.2, 0) is 0 Å². The molecule has 0 saturated carbocycles. The van der Waals surface area contributed by atoms with Crippen LogP contribution in [0.25, 0.3) is 88.9 Å². The van der Waals surface area contributed by atoms with E-state index in [2.05, 4.69) is 78.9 Å². The summed E-state index contributed by atoms with van der Waals surface area (Å²) < 4.78 is 12.9. The summed E-state index contributed by atoms with van der Waals surface area (Å²) in [5.41, 5.74) is 10.3. The van der Waals surface area contributed by atoms with Crippen molar-refractivity contribution in [3.63, 3.8) is 0 Å². The van der Waals surface area contributed by atoms with E-state index in [0.29, 0.717) is 5.82 Å². The minimum Gasteiger partial charge on any atom is -0.456 e. The molecule has 4 heteroatoms. The van der Waals surface area contributed by atoms with Crippen molar-refractivity contribution >= 4 is 43.9 Å². The van der Waals surface area contributed by atoms with Crippen molar-refractivity contribution < 1.29 is 8.83 Å². The smallest absolute Gasteiger partial charge is 0.160 e. The summed E-state index contributed by atoms with van der Waals surface area (Å²) >= 11 is 0. The first-order chi connectivity index (χ1) is 21.8. The number of hydrogen-bond acceptors (Lipinski definition) is 4. The van der Waals surface area contributed by atoms with E-state index < -0.39 is 0 Å². The topological polar surface area (TPSA) is 52.1 Å². The summed E-state index contributed by atoms with van der Waals surface area (Å²) in [5.74, 6) is 0.688. The van der Waals surface area contributed by atoms with Crippen molar-refractivity contribution in [1.82, 2.24) is 9.97 Å². The van der Waals surface area contributed by atoms with Crippen molar-refractivity contribution in [3.05, 3.63) is 146 Å². The average Bonchev–Trinajstić information content (AvgIpc) is 3.66. The predicted molar refractivity (Wildman–Crippen MR) is 178 cm³/mol. The van der Waals surface area contributed by atoms with Gasteiger partial charge in [0.25, 0.3) is 0 Å². The van der Waals surface area contributed by atoms with Gasteiger partial charge in [-0.2, -0.15) is 0 Å². The number of benzene rings is 6. The highest BCUT2D eigenvalue weighted by molar-refractivity contribution is 6.22. The molecule has 0 saturated heterocycles. The Kier molecular flexibility index (Phi) is 5.47. The number of hydrogen-bond donors (Lipinski definition) is 0. The molecule has 206 valence electrons. The van der Waals surface area contributed by atoms with Gasteiger partial charge in [0.2, 0.25) is 0 Å². The maximum atomic E-state index is 6.54. The molecule has 44 heavy (non-hydrogen) atoms. The van der Waals surface area contributed by atoms with Gasteiger partial charge in [0.15, 0.2) is 5.82 Å². The lowest BCUT2D eigenvalue weighted by Crippen LogP contribution is -1.95. The van der Waals surface area contributed by atoms with Crippen molar-refractivity contribution in [2.75, 3.05) is 0 Å². The highest BCUT2D eigenvalue weighted by Crippen LogP contribution is 2.41. The summed E-state index contributed by atoms with van der Waals surface area (Å²) in [4.78, 5) is 9.99. The third-order valence-electron chi connectivity index (χ3n) is 8.30. The van der Waals surface area contributed by atoms with E-state index in [4.69, 9.17) is 18.8 Å². The van der Waals surface area contributed by atoms with Crippen molar-refractivity contribution in [3.8, 4) is 45.0 Å². The van der Waals surface area contributed by atoms with Crippen molar-refractivity contribution in [2.24, 2.45) is 0 Å². The van der Waals surface area contributed by atoms with Gasteiger partial charge in [-0.15, -0.1) is 0 Å². The molecular weight excluding hydrogens is 540 g/mol. The number of furan rings is 2. The Labute approximate surface area is 252 Å². The summed E-state index contributed by atoms with van der Waals surface area (Å²) in [6, 6.07) is 49.7. The van der Waals surface area contributed by atoms with Gasteiger partial charge in [0.1, 0.15) is 22.3 Å². The van der Waals surface area contributed by atoms with Crippen LogP contribution in [0.4, 0.5) is 0 Å². The molecule has 3 heterocycles. The zero-order chi connectivity index (χ0) is 29.0. The molecule has 0 bridgehead atoms. The van der Waals surface area contributed by atoms with Crippen LogP contribution in [0.5, 0.6) is 0 Å². The van der Waals surface area contributed by atoms with E-state index >= 15 is 0 Å². The van der Waals surface area contributed by atoms with Crippen LogP contribution in [0.1, 0.15) is 0 Å². The van der Waals surface area contributed by atoms with Crippen LogP contribution in [0.2, 0.25) is 0 Å². The van der Waals surface area contributed by atoms with Gasteiger partial charge >= 0.3 is 0 Å². The molecule has 0 amide bonds. The Hall–Kier alpha value is -6.00. The fraction of sp³-hybridized carbons (Fsp3) is 0. The molecule has 0 aliphatic heterocycles. The van der Waals surface area contributed by atoms with E-state index in [-0.39, 0.29) is 0 Å². The second-order valence-electron chi connectivity index (χ2n) is 11.0. The lowest BCUT2D eigenvalue weighted by Gasteiger charge is -2.09. The Balaban J connectivity index is 1.25. The second-order valence-corrected chi connectivity index (χ2v) is 11.0. The first-order valence-electron chi connectivity index (χ1n) is 14.7. The minimum absolute atomic E-state index is 0.688. The normalized spacial score (nSPS) is 11.6. The Morgan fingerprint density at radius 2 is 0.932 bits per heavy atom. The highest BCUT2D eigenvalue weighted by Gasteiger charge is 2.18. The van der Waals surface area contributed by atoms with E-state index in [0.717, 1.165) is 77.5 Å². The average molecular weight is 565 g/mol. The van der Waals surface area contributed by atoms with Crippen molar-refractivity contribution in [2.45, 2.75) is 0 Å². The van der Waals surface area contributed by atoms with Gasteiger partial charge in [-0.1, -0.05) is 97.1 Å². The van der Waals surface area contributed by atoms with E-state index in [1.165, 1.54) is 5.56 Å². The van der Waals surface area contributed by atoms with Crippen LogP contribution in [-0.4, -0.2) is 9.97 Å². The van der Waals surface area contributed by atoms with Gasteiger partial charge in [0, 0.05) is 32.8 Å². The van der Waals surface area contributed by atoms with Gasteiger partial charge in [-0.05, 0) is 59.7 Å². The Morgan fingerprint density at radius 1 is 0.364 bits per heavy atom. The molecule has 0 N–H and O–H groups in total. The predicted octanol–water partition coefficient (Wildman–Crippen LogP) is 10.9. The van der Waals surface area contributed by atoms with Gasteiger partial charge in [-0.3, -0.25) is 0 Å². The monoisotopic (exact) mass is 564 g/mol. The van der Waals surface area contributed by atoms with Gasteiger partial charge in [0.05, 0.1) is 16.8 Å². The van der Waals surface area contributed by atoms with E-state index in [1.807, 2.05) is 66.7 Å². The second kappa shape index (κ2) is 9.79. The minimum atomic E-state index is 0.688. The number of rotatable bonds is 4. The zero-order valence-electron chi connectivity index (χ0n) is 23.6. The third-order valence-corrected chi connectivity index (χ3v) is 8.30. The lowest BCUT2D eigenvalue weighted by molar-refractivity contribution is 0.663. The van der Waals surface area contributed by atoms with Gasteiger partial charge in [-0.25, -0.2) is 9.97 Å². The number of fused-ring (bicyclic) bond motifs is 7. The molecule has 0 fully saturated rings. The molecule has 0 aliphatic carbocycles. The van der Waals surface area contributed by atoms with Crippen LogP contribution >= 0.6 is 0 Å². The molecule has 0 aliphatic rings. The van der Waals surface area contributed by atoms with Crippen LogP contribution < -0.4 is 0 Å². The molecule has 9 rings (SSSR count). The fourth-order valence-corrected chi connectivity index (χ4v) is 6.13.